The number of carbonyl (C=O) groups is 1. The zero-order valence-corrected chi connectivity index (χ0v) is 15.4. The molecule has 0 radical (unpaired) electrons. The molecule has 0 fully saturated rings. The average molecular weight is 357 g/mol. The average Bonchev–Trinajstić information content (AvgIpc) is 2.85. The molecule has 0 unspecified atom stereocenters. The molecule has 1 amide bonds. The number of hydrogen-bond donors (Lipinski definition) is 2. The molecule has 2 aromatic rings. The summed E-state index contributed by atoms with van der Waals surface area (Å²) in [6, 6.07) is 6.14. The van der Waals surface area contributed by atoms with E-state index in [0.717, 1.165) is 27.4 Å². The number of aromatic nitrogens is 1. The van der Waals surface area contributed by atoms with E-state index in [0.29, 0.717) is 24.5 Å². The van der Waals surface area contributed by atoms with Crippen molar-refractivity contribution in [2.24, 2.45) is 0 Å². The van der Waals surface area contributed by atoms with E-state index in [1.165, 1.54) is 11.3 Å². The van der Waals surface area contributed by atoms with Crippen LogP contribution in [-0.2, 0) is 17.8 Å². The Morgan fingerprint density at radius 2 is 2.32 bits per heavy atom. The van der Waals surface area contributed by atoms with Crippen LogP contribution in [-0.4, -0.2) is 17.0 Å². The van der Waals surface area contributed by atoms with E-state index in [1.807, 2.05) is 32.1 Å². The van der Waals surface area contributed by atoms with E-state index in [4.69, 9.17) is 10.5 Å². The fourth-order valence-corrected chi connectivity index (χ4v) is 4.06. The van der Waals surface area contributed by atoms with E-state index in [2.05, 4.69) is 22.9 Å². The van der Waals surface area contributed by atoms with Crippen LogP contribution in [0.5, 0.6) is 5.75 Å². The third-order valence-corrected chi connectivity index (χ3v) is 5.16. The topological polar surface area (TPSA) is 77.2 Å². The molecular formula is C19H23N3O2S. The number of rotatable bonds is 5. The van der Waals surface area contributed by atoms with Crippen LogP contribution >= 0.6 is 11.3 Å². The zero-order valence-electron chi connectivity index (χ0n) is 14.5. The van der Waals surface area contributed by atoms with E-state index in [1.54, 1.807) is 0 Å². The van der Waals surface area contributed by atoms with Gasteiger partial charge < -0.3 is 15.8 Å². The van der Waals surface area contributed by atoms with Gasteiger partial charge in [0.1, 0.15) is 5.75 Å². The highest BCUT2D eigenvalue weighted by Gasteiger charge is 2.28. The molecule has 1 aromatic carbocycles. The van der Waals surface area contributed by atoms with Crippen LogP contribution < -0.4 is 15.8 Å². The first-order chi connectivity index (χ1) is 12.0. The molecule has 0 saturated carbocycles. The number of nitrogen functional groups attached to an aromatic ring is 1. The number of nitrogens with two attached hydrogens (primary N) is 1. The van der Waals surface area contributed by atoms with Crippen molar-refractivity contribution in [2.45, 2.75) is 45.3 Å². The summed E-state index contributed by atoms with van der Waals surface area (Å²) in [6.07, 6.45) is 3.08. The largest absolute Gasteiger partial charge is 0.491 e. The fraction of sp³-hybridized carbons (Fsp3) is 0.368. The van der Waals surface area contributed by atoms with Crippen molar-refractivity contribution in [3.8, 4) is 5.75 Å². The lowest BCUT2D eigenvalue weighted by atomic mass is 9.91. The van der Waals surface area contributed by atoms with Crippen LogP contribution in [0.25, 0.3) is 0 Å². The number of ether oxygens (including phenoxy) is 1. The van der Waals surface area contributed by atoms with E-state index in [9.17, 15) is 4.79 Å². The summed E-state index contributed by atoms with van der Waals surface area (Å²) in [5.74, 6) is 0.853. The highest BCUT2D eigenvalue weighted by Crippen LogP contribution is 2.38. The Hall–Kier alpha value is -2.34. The molecule has 5 nitrogen and oxygen atoms in total. The number of amides is 1. The van der Waals surface area contributed by atoms with Gasteiger partial charge in [0.25, 0.3) is 0 Å². The third kappa shape index (κ3) is 3.85. The van der Waals surface area contributed by atoms with E-state index >= 15 is 0 Å². The first kappa shape index (κ1) is 17.5. The normalized spacial score (nSPS) is 16.9. The van der Waals surface area contributed by atoms with Gasteiger partial charge in [-0.15, -0.1) is 17.9 Å². The number of thiazole rings is 1. The molecule has 1 aromatic heterocycles. The summed E-state index contributed by atoms with van der Waals surface area (Å²) >= 11 is 1.47. The lowest BCUT2D eigenvalue weighted by molar-refractivity contribution is -0.121. The summed E-state index contributed by atoms with van der Waals surface area (Å²) in [5, 5.41) is 3.44. The van der Waals surface area contributed by atoms with Gasteiger partial charge in [-0.1, -0.05) is 18.2 Å². The second kappa shape index (κ2) is 7.27. The van der Waals surface area contributed by atoms with Gasteiger partial charge in [-0.05, 0) is 37.5 Å². The number of fused-ring (bicyclic) bond motifs is 1. The maximum Gasteiger partial charge on any atom is 0.221 e. The lowest BCUT2D eigenvalue weighted by Crippen LogP contribution is -2.21. The van der Waals surface area contributed by atoms with Crippen molar-refractivity contribution in [1.82, 2.24) is 10.3 Å². The van der Waals surface area contributed by atoms with Crippen LogP contribution in [0, 0.1) is 0 Å². The zero-order chi connectivity index (χ0) is 18.0. The van der Waals surface area contributed by atoms with Gasteiger partial charge >= 0.3 is 0 Å². The number of nitrogens with one attached hydrogen (secondary N) is 1. The van der Waals surface area contributed by atoms with Crippen molar-refractivity contribution in [2.75, 3.05) is 5.73 Å². The molecule has 1 aliphatic rings. The Bertz CT molecular complexity index is 798. The Labute approximate surface area is 151 Å². The first-order valence-electron chi connectivity index (χ1n) is 8.40. The number of benzene rings is 1. The molecule has 3 rings (SSSR count). The minimum absolute atomic E-state index is 0.0292. The number of allylic oxidation sites excluding steroid dienone is 1. The molecule has 6 heteroatoms. The lowest BCUT2D eigenvalue weighted by Gasteiger charge is -2.18. The van der Waals surface area contributed by atoms with E-state index in [-0.39, 0.29) is 17.9 Å². The number of anilines is 1. The van der Waals surface area contributed by atoms with Crippen molar-refractivity contribution in [3.63, 3.8) is 0 Å². The summed E-state index contributed by atoms with van der Waals surface area (Å²) in [7, 11) is 0. The molecule has 1 aliphatic heterocycles. The molecular weight excluding hydrogens is 334 g/mol. The van der Waals surface area contributed by atoms with Gasteiger partial charge in [-0.25, -0.2) is 4.98 Å². The number of carbonyl (C=O) groups excluding carboxylic acids is 1. The van der Waals surface area contributed by atoms with Gasteiger partial charge in [0.15, 0.2) is 5.13 Å². The molecule has 0 bridgehead atoms. The predicted molar refractivity (Wildman–Crippen MR) is 101 cm³/mol. The monoisotopic (exact) mass is 357 g/mol. The second-order valence-electron chi connectivity index (χ2n) is 6.42. The Kier molecular flexibility index (Phi) is 5.08. The van der Waals surface area contributed by atoms with Crippen LogP contribution in [0.4, 0.5) is 5.13 Å². The van der Waals surface area contributed by atoms with Gasteiger partial charge in [0.05, 0.1) is 18.3 Å². The SMILES string of the molecule is C=CCc1cc([C@@H]2CC(=O)NCc3nc(N)sc32)ccc1OC(C)C. The Morgan fingerprint density at radius 1 is 1.52 bits per heavy atom. The molecule has 0 aliphatic carbocycles. The van der Waals surface area contributed by atoms with E-state index < -0.39 is 0 Å². The van der Waals surface area contributed by atoms with Gasteiger partial charge in [-0.2, -0.15) is 0 Å². The molecule has 3 N–H and O–H groups in total. The van der Waals surface area contributed by atoms with Crippen LogP contribution in [0.3, 0.4) is 0 Å². The number of hydrogen-bond acceptors (Lipinski definition) is 5. The minimum atomic E-state index is -0.0380. The molecule has 0 spiro atoms. The fourth-order valence-electron chi connectivity index (χ4n) is 3.08. The maximum atomic E-state index is 12.1. The highest BCUT2D eigenvalue weighted by molar-refractivity contribution is 7.15. The summed E-state index contributed by atoms with van der Waals surface area (Å²) in [5.41, 5.74) is 8.92. The van der Waals surface area contributed by atoms with Gasteiger partial charge in [0.2, 0.25) is 5.91 Å². The smallest absolute Gasteiger partial charge is 0.221 e. The molecule has 132 valence electrons. The Balaban J connectivity index is 2.03. The van der Waals surface area contributed by atoms with Gasteiger partial charge in [0, 0.05) is 17.2 Å². The molecule has 2 heterocycles. The van der Waals surface area contributed by atoms with Crippen molar-refractivity contribution in [3.05, 3.63) is 52.6 Å². The van der Waals surface area contributed by atoms with Crippen molar-refractivity contribution in [1.29, 1.82) is 0 Å². The summed E-state index contributed by atoms with van der Waals surface area (Å²) in [6.45, 7) is 8.29. The van der Waals surface area contributed by atoms with Crippen molar-refractivity contribution < 1.29 is 9.53 Å². The number of nitrogens with zero attached hydrogens (tertiary/aromatic N) is 1. The second-order valence-corrected chi connectivity index (χ2v) is 7.49. The standard InChI is InChI=1S/C19H23N3O2S/c1-4-5-13-8-12(6-7-16(13)24-11(2)3)14-9-17(23)21-10-15-18(14)25-19(20)22-15/h4,6-8,11,14H,1,5,9-10H2,2-3H3,(H2,20,22)(H,21,23)/t14-/m0/s1. The maximum absolute atomic E-state index is 12.1. The molecule has 25 heavy (non-hydrogen) atoms. The molecule has 0 saturated heterocycles. The van der Waals surface area contributed by atoms with Crippen LogP contribution in [0.15, 0.2) is 30.9 Å². The van der Waals surface area contributed by atoms with Crippen molar-refractivity contribution >= 4 is 22.4 Å². The Morgan fingerprint density at radius 3 is 3.04 bits per heavy atom. The quantitative estimate of drug-likeness (QED) is 0.804. The van der Waals surface area contributed by atoms with Gasteiger partial charge in [-0.3, -0.25) is 4.79 Å². The predicted octanol–water partition coefficient (Wildman–Crippen LogP) is 3.39. The third-order valence-electron chi connectivity index (χ3n) is 4.12. The van der Waals surface area contributed by atoms with Crippen LogP contribution in [0.1, 0.15) is 47.9 Å². The summed E-state index contributed by atoms with van der Waals surface area (Å²) < 4.78 is 5.90. The summed E-state index contributed by atoms with van der Waals surface area (Å²) in [4.78, 5) is 17.6. The molecule has 1 atom stereocenters. The minimum Gasteiger partial charge on any atom is -0.491 e. The van der Waals surface area contributed by atoms with Crippen LogP contribution in [0.2, 0.25) is 0 Å². The highest BCUT2D eigenvalue weighted by atomic mass is 32.1. The first-order valence-corrected chi connectivity index (χ1v) is 9.21.